The van der Waals surface area contributed by atoms with Gasteiger partial charge in [0.15, 0.2) is 0 Å². The van der Waals surface area contributed by atoms with Gasteiger partial charge in [-0.1, -0.05) is 72.3 Å². The number of nitrogens with two attached hydrogens (primary N) is 1. The van der Waals surface area contributed by atoms with Gasteiger partial charge in [0.1, 0.15) is 0 Å². The molecule has 0 aliphatic carbocycles. The molecule has 0 heterocycles. The molecule has 3 rings (SSSR count). The highest BCUT2D eigenvalue weighted by Gasteiger charge is 2.10. The van der Waals surface area contributed by atoms with Gasteiger partial charge in [0.05, 0.1) is 0 Å². The van der Waals surface area contributed by atoms with E-state index in [4.69, 9.17) is 17.3 Å². The van der Waals surface area contributed by atoms with Crippen molar-refractivity contribution >= 4 is 22.4 Å². The number of hydrogen-bond donors (Lipinski definition) is 1. The van der Waals surface area contributed by atoms with Crippen molar-refractivity contribution in [3.05, 3.63) is 82.9 Å². The molecule has 1 unspecified atom stereocenters. The average Bonchev–Trinajstić information content (AvgIpc) is 2.53. The molecule has 0 spiro atoms. The molecule has 3 aromatic rings. The Balaban J connectivity index is 1.81. The normalized spacial score (nSPS) is 12.5. The van der Waals surface area contributed by atoms with Crippen LogP contribution in [0.3, 0.4) is 0 Å². The first-order valence-corrected chi connectivity index (χ1v) is 7.60. The molecular formula is C19H18ClN. The second-order valence-electron chi connectivity index (χ2n) is 5.30. The van der Waals surface area contributed by atoms with Crippen LogP contribution in [0.4, 0.5) is 0 Å². The summed E-state index contributed by atoms with van der Waals surface area (Å²) in [4.78, 5) is 0. The minimum atomic E-state index is 0.0207. The largest absolute Gasteiger partial charge is 0.324 e. The van der Waals surface area contributed by atoms with E-state index < -0.39 is 0 Å². The predicted octanol–water partition coefficient (Wildman–Crippen LogP) is 5.13. The highest BCUT2D eigenvalue weighted by atomic mass is 35.5. The van der Waals surface area contributed by atoms with Crippen LogP contribution in [0.15, 0.2) is 66.7 Å². The summed E-state index contributed by atoms with van der Waals surface area (Å²) in [7, 11) is 0. The number of aryl methyl sites for hydroxylation is 1. The lowest BCUT2D eigenvalue weighted by Gasteiger charge is -2.15. The van der Waals surface area contributed by atoms with Gasteiger partial charge in [0.2, 0.25) is 0 Å². The van der Waals surface area contributed by atoms with Gasteiger partial charge in [-0.3, -0.25) is 0 Å². The molecule has 0 bridgehead atoms. The van der Waals surface area contributed by atoms with E-state index in [2.05, 4.69) is 48.5 Å². The van der Waals surface area contributed by atoms with Crippen molar-refractivity contribution in [2.24, 2.45) is 5.73 Å². The monoisotopic (exact) mass is 295 g/mol. The summed E-state index contributed by atoms with van der Waals surface area (Å²) < 4.78 is 0. The van der Waals surface area contributed by atoms with Crippen molar-refractivity contribution in [2.45, 2.75) is 18.9 Å². The third-order valence-electron chi connectivity index (χ3n) is 3.91. The van der Waals surface area contributed by atoms with Crippen molar-refractivity contribution in [2.75, 3.05) is 0 Å². The van der Waals surface area contributed by atoms with Crippen molar-refractivity contribution < 1.29 is 0 Å². The molecule has 3 aromatic carbocycles. The van der Waals surface area contributed by atoms with E-state index in [1.165, 1.54) is 16.3 Å². The van der Waals surface area contributed by atoms with Gasteiger partial charge in [-0.25, -0.2) is 0 Å². The number of hydrogen-bond acceptors (Lipinski definition) is 1. The molecule has 0 saturated heterocycles. The van der Waals surface area contributed by atoms with Gasteiger partial charge >= 0.3 is 0 Å². The lowest BCUT2D eigenvalue weighted by molar-refractivity contribution is 0.656. The Labute approximate surface area is 130 Å². The van der Waals surface area contributed by atoms with Gasteiger partial charge in [-0.2, -0.15) is 0 Å². The summed E-state index contributed by atoms with van der Waals surface area (Å²) in [5.41, 5.74) is 8.79. The van der Waals surface area contributed by atoms with E-state index in [-0.39, 0.29) is 6.04 Å². The molecule has 2 N–H and O–H groups in total. The highest BCUT2D eigenvalue weighted by Crippen LogP contribution is 2.26. The third kappa shape index (κ3) is 3.10. The van der Waals surface area contributed by atoms with Crippen LogP contribution in [0.2, 0.25) is 5.02 Å². The molecule has 0 aromatic heterocycles. The van der Waals surface area contributed by atoms with E-state index in [0.717, 1.165) is 23.4 Å². The maximum Gasteiger partial charge on any atom is 0.0437 e. The zero-order chi connectivity index (χ0) is 14.7. The molecular weight excluding hydrogens is 278 g/mol. The maximum atomic E-state index is 6.42. The minimum absolute atomic E-state index is 0.0207. The van der Waals surface area contributed by atoms with E-state index in [1.54, 1.807) is 0 Å². The Bertz CT molecular complexity index is 746. The van der Waals surface area contributed by atoms with Crippen molar-refractivity contribution in [1.82, 2.24) is 0 Å². The SMILES string of the molecule is NC(CCc1ccccc1Cl)c1cccc2ccccc12. The molecule has 2 heteroatoms. The second-order valence-corrected chi connectivity index (χ2v) is 5.71. The van der Waals surface area contributed by atoms with Crippen LogP contribution in [-0.4, -0.2) is 0 Å². The lowest BCUT2D eigenvalue weighted by Crippen LogP contribution is -2.12. The first-order chi connectivity index (χ1) is 10.3. The Hall–Kier alpha value is -1.83. The molecule has 0 aliphatic rings. The zero-order valence-corrected chi connectivity index (χ0v) is 12.6. The molecule has 106 valence electrons. The van der Waals surface area contributed by atoms with Crippen LogP contribution >= 0.6 is 11.6 Å². The molecule has 0 fully saturated rings. The minimum Gasteiger partial charge on any atom is -0.324 e. The Morgan fingerprint density at radius 1 is 0.857 bits per heavy atom. The Morgan fingerprint density at radius 2 is 1.57 bits per heavy atom. The van der Waals surface area contributed by atoms with E-state index in [9.17, 15) is 0 Å². The van der Waals surface area contributed by atoms with Crippen molar-refractivity contribution in [1.29, 1.82) is 0 Å². The summed E-state index contributed by atoms with van der Waals surface area (Å²) >= 11 is 6.21. The fourth-order valence-corrected chi connectivity index (χ4v) is 2.97. The molecule has 21 heavy (non-hydrogen) atoms. The lowest BCUT2D eigenvalue weighted by atomic mass is 9.95. The zero-order valence-electron chi connectivity index (χ0n) is 11.8. The van der Waals surface area contributed by atoms with Gasteiger partial charge in [0.25, 0.3) is 0 Å². The predicted molar refractivity (Wildman–Crippen MR) is 90.6 cm³/mol. The number of benzene rings is 3. The van der Waals surface area contributed by atoms with Crippen molar-refractivity contribution in [3.8, 4) is 0 Å². The number of fused-ring (bicyclic) bond motifs is 1. The summed E-state index contributed by atoms with van der Waals surface area (Å²) in [6.07, 6.45) is 1.78. The van der Waals surface area contributed by atoms with Gasteiger partial charge < -0.3 is 5.73 Å². The average molecular weight is 296 g/mol. The maximum absolute atomic E-state index is 6.42. The van der Waals surface area contributed by atoms with Gasteiger partial charge in [-0.05, 0) is 40.8 Å². The van der Waals surface area contributed by atoms with Crippen LogP contribution in [0.1, 0.15) is 23.6 Å². The standard InChI is InChI=1S/C19H18ClN/c20-18-11-4-2-7-15(18)12-13-19(21)17-10-5-8-14-6-1-3-9-16(14)17/h1-11,19H,12-13,21H2. The van der Waals surface area contributed by atoms with Crippen molar-refractivity contribution in [3.63, 3.8) is 0 Å². The third-order valence-corrected chi connectivity index (χ3v) is 4.27. The summed E-state index contributed by atoms with van der Waals surface area (Å²) in [5, 5.41) is 3.30. The summed E-state index contributed by atoms with van der Waals surface area (Å²) in [5.74, 6) is 0. The molecule has 0 radical (unpaired) electrons. The Kier molecular flexibility index (Phi) is 4.23. The molecule has 0 saturated carbocycles. The van der Waals surface area contributed by atoms with E-state index >= 15 is 0 Å². The first-order valence-electron chi connectivity index (χ1n) is 7.22. The Morgan fingerprint density at radius 3 is 2.43 bits per heavy atom. The molecule has 1 nitrogen and oxygen atoms in total. The first kappa shape index (κ1) is 14.1. The van der Waals surface area contributed by atoms with Gasteiger partial charge in [-0.15, -0.1) is 0 Å². The van der Waals surface area contributed by atoms with E-state index in [0.29, 0.717) is 0 Å². The summed E-state index contributed by atoms with van der Waals surface area (Å²) in [6, 6.07) is 22.7. The number of halogens is 1. The van der Waals surface area contributed by atoms with Gasteiger partial charge in [0, 0.05) is 11.1 Å². The molecule has 0 aliphatic heterocycles. The molecule has 1 atom stereocenters. The highest BCUT2D eigenvalue weighted by molar-refractivity contribution is 6.31. The quantitative estimate of drug-likeness (QED) is 0.710. The smallest absolute Gasteiger partial charge is 0.0437 e. The topological polar surface area (TPSA) is 26.0 Å². The molecule has 0 amide bonds. The van der Waals surface area contributed by atoms with Crippen LogP contribution in [0.25, 0.3) is 10.8 Å². The fraction of sp³-hybridized carbons (Fsp3) is 0.158. The second kappa shape index (κ2) is 6.30. The van der Waals surface area contributed by atoms with Crippen LogP contribution in [0.5, 0.6) is 0 Å². The fourth-order valence-electron chi connectivity index (χ4n) is 2.74. The van der Waals surface area contributed by atoms with Crippen LogP contribution < -0.4 is 5.73 Å². The number of rotatable bonds is 4. The van der Waals surface area contributed by atoms with E-state index in [1.807, 2.05) is 18.2 Å². The van der Waals surface area contributed by atoms with Crippen LogP contribution in [-0.2, 0) is 6.42 Å². The van der Waals surface area contributed by atoms with Crippen LogP contribution in [0, 0.1) is 0 Å². The summed E-state index contributed by atoms with van der Waals surface area (Å²) in [6.45, 7) is 0.